The van der Waals surface area contributed by atoms with Gasteiger partial charge in [-0.2, -0.15) is 5.10 Å². The van der Waals surface area contributed by atoms with Gasteiger partial charge in [0.25, 0.3) is 0 Å². The Labute approximate surface area is 132 Å². The monoisotopic (exact) mass is 327 g/mol. The average Bonchev–Trinajstić information content (AvgIpc) is 2.87. The summed E-state index contributed by atoms with van der Waals surface area (Å²) >= 11 is 11.9. The third-order valence-electron chi connectivity index (χ3n) is 2.81. The highest BCUT2D eigenvalue weighted by Gasteiger charge is 2.19. The van der Waals surface area contributed by atoms with E-state index in [0.717, 1.165) is 0 Å². The number of carbonyl (C=O) groups is 1. The fraction of sp³-hybridized carbons (Fsp3) is 0.286. The van der Waals surface area contributed by atoms with Gasteiger partial charge in [0.1, 0.15) is 11.3 Å². The smallest absolute Gasteiger partial charge is 0.341 e. The molecule has 0 aliphatic rings. The van der Waals surface area contributed by atoms with E-state index in [-0.39, 0.29) is 0 Å². The van der Waals surface area contributed by atoms with Crippen molar-refractivity contribution in [2.75, 3.05) is 13.2 Å². The highest BCUT2D eigenvalue weighted by molar-refractivity contribution is 6.42. The lowest BCUT2D eigenvalue weighted by Gasteiger charge is -2.03. The van der Waals surface area contributed by atoms with Crippen LogP contribution >= 0.6 is 23.2 Å². The van der Waals surface area contributed by atoms with Crippen molar-refractivity contribution < 1.29 is 9.53 Å². The number of nitrogens with zero attached hydrogens (tertiary/aromatic N) is 2. The number of hydrogen-bond donors (Lipinski definition) is 1. The maximum Gasteiger partial charge on any atom is 0.341 e. The molecule has 0 aliphatic heterocycles. The summed E-state index contributed by atoms with van der Waals surface area (Å²) < 4.78 is 6.67. The van der Waals surface area contributed by atoms with E-state index in [1.807, 2.05) is 0 Å². The van der Waals surface area contributed by atoms with E-state index < -0.39 is 5.97 Å². The summed E-state index contributed by atoms with van der Waals surface area (Å²) in [7, 11) is 0. The zero-order chi connectivity index (χ0) is 15.4. The maximum absolute atomic E-state index is 12.0. The lowest BCUT2D eigenvalue weighted by Crippen LogP contribution is -2.10. The third-order valence-corrected chi connectivity index (χ3v) is 3.55. The molecule has 0 fully saturated rings. The van der Waals surface area contributed by atoms with Crippen LogP contribution in [0.1, 0.15) is 17.3 Å². The number of ether oxygens (including phenoxy) is 1. The standard InChI is InChI=1S/C14H15Cl2N3O2/c1-2-21-14(20)10-8-19(6-5-17)18-13(10)9-3-4-11(15)12(16)7-9/h3-4,7-8H,2,5-6,17H2,1H3. The van der Waals surface area contributed by atoms with Gasteiger partial charge < -0.3 is 10.5 Å². The second-order valence-electron chi connectivity index (χ2n) is 4.29. The Kier molecular flexibility index (Phi) is 5.22. The minimum atomic E-state index is -0.429. The van der Waals surface area contributed by atoms with E-state index in [0.29, 0.717) is 46.6 Å². The Bertz CT molecular complexity index is 656. The number of benzene rings is 1. The molecule has 2 aromatic rings. The van der Waals surface area contributed by atoms with Crippen LogP contribution in [0.4, 0.5) is 0 Å². The molecule has 21 heavy (non-hydrogen) atoms. The van der Waals surface area contributed by atoms with E-state index in [1.54, 1.807) is 36.0 Å². The summed E-state index contributed by atoms with van der Waals surface area (Å²) in [6, 6.07) is 5.09. The van der Waals surface area contributed by atoms with Crippen LogP contribution in [-0.2, 0) is 11.3 Å². The molecule has 0 radical (unpaired) electrons. The predicted octanol–water partition coefficient (Wildman–Crippen LogP) is 2.99. The molecule has 7 heteroatoms. The Hall–Kier alpha value is -1.56. The Morgan fingerprint density at radius 1 is 1.38 bits per heavy atom. The van der Waals surface area contributed by atoms with Crippen molar-refractivity contribution >= 4 is 29.2 Å². The van der Waals surface area contributed by atoms with Crippen molar-refractivity contribution in [3.05, 3.63) is 40.0 Å². The van der Waals surface area contributed by atoms with E-state index in [9.17, 15) is 4.79 Å². The molecule has 0 aliphatic carbocycles. The average molecular weight is 328 g/mol. The number of carbonyl (C=O) groups excluding carboxylic acids is 1. The number of halogens is 2. The highest BCUT2D eigenvalue weighted by Crippen LogP contribution is 2.29. The fourth-order valence-electron chi connectivity index (χ4n) is 1.88. The fourth-order valence-corrected chi connectivity index (χ4v) is 2.18. The number of nitrogens with two attached hydrogens (primary N) is 1. The van der Waals surface area contributed by atoms with Crippen LogP contribution in [-0.4, -0.2) is 28.9 Å². The molecule has 1 heterocycles. The second kappa shape index (κ2) is 6.93. The van der Waals surface area contributed by atoms with Gasteiger partial charge in [-0.15, -0.1) is 0 Å². The van der Waals surface area contributed by atoms with E-state index in [1.165, 1.54) is 0 Å². The number of rotatable bonds is 5. The van der Waals surface area contributed by atoms with E-state index in [2.05, 4.69) is 5.10 Å². The molecule has 0 bridgehead atoms. The molecule has 5 nitrogen and oxygen atoms in total. The van der Waals surface area contributed by atoms with E-state index >= 15 is 0 Å². The van der Waals surface area contributed by atoms with Gasteiger partial charge in [-0.3, -0.25) is 4.68 Å². The van der Waals surface area contributed by atoms with Gasteiger partial charge in [0.15, 0.2) is 0 Å². The van der Waals surface area contributed by atoms with Gasteiger partial charge in [-0.25, -0.2) is 4.79 Å². The van der Waals surface area contributed by atoms with Crippen LogP contribution < -0.4 is 5.73 Å². The largest absolute Gasteiger partial charge is 0.462 e. The first-order chi connectivity index (χ1) is 10.1. The Morgan fingerprint density at radius 2 is 2.14 bits per heavy atom. The first kappa shape index (κ1) is 15.8. The molecule has 0 amide bonds. The normalized spacial score (nSPS) is 10.7. The molecule has 2 rings (SSSR count). The molecule has 0 spiro atoms. The molecule has 2 N–H and O–H groups in total. The van der Waals surface area contributed by atoms with Crippen molar-refractivity contribution in [2.45, 2.75) is 13.5 Å². The molecule has 0 saturated carbocycles. The van der Waals surface area contributed by atoms with Crippen molar-refractivity contribution in [1.82, 2.24) is 9.78 Å². The minimum absolute atomic E-state index is 0.293. The minimum Gasteiger partial charge on any atom is -0.462 e. The Balaban J connectivity index is 2.49. The van der Waals surface area contributed by atoms with Crippen LogP contribution in [0.25, 0.3) is 11.3 Å². The van der Waals surface area contributed by atoms with Crippen molar-refractivity contribution in [3.8, 4) is 11.3 Å². The summed E-state index contributed by atoms with van der Waals surface area (Å²) in [6.45, 7) is 2.97. The highest BCUT2D eigenvalue weighted by atomic mass is 35.5. The van der Waals surface area contributed by atoms with Gasteiger partial charge in [-0.1, -0.05) is 29.3 Å². The summed E-state index contributed by atoms with van der Waals surface area (Å²) in [6.07, 6.45) is 1.63. The first-order valence-electron chi connectivity index (χ1n) is 6.46. The predicted molar refractivity (Wildman–Crippen MR) is 82.7 cm³/mol. The molecular weight excluding hydrogens is 313 g/mol. The summed E-state index contributed by atoms with van der Waals surface area (Å²) in [5, 5.41) is 5.22. The van der Waals surface area contributed by atoms with Gasteiger partial charge >= 0.3 is 5.97 Å². The quantitative estimate of drug-likeness (QED) is 0.857. The number of esters is 1. The first-order valence-corrected chi connectivity index (χ1v) is 7.22. The summed E-state index contributed by atoms with van der Waals surface area (Å²) in [5.41, 5.74) is 7.10. The van der Waals surface area contributed by atoms with Crippen molar-refractivity contribution in [3.63, 3.8) is 0 Å². The van der Waals surface area contributed by atoms with Gasteiger partial charge in [0, 0.05) is 18.3 Å². The number of aromatic nitrogens is 2. The zero-order valence-corrected chi connectivity index (χ0v) is 13.0. The lowest BCUT2D eigenvalue weighted by molar-refractivity contribution is 0.0527. The molecule has 1 aromatic carbocycles. The molecule has 1 aromatic heterocycles. The van der Waals surface area contributed by atoms with Crippen molar-refractivity contribution in [2.24, 2.45) is 5.73 Å². The molecule has 0 atom stereocenters. The van der Waals surface area contributed by atoms with Crippen LogP contribution in [0, 0.1) is 0 Å². The van der Waals surface area contributed by atoms with Crippen molar-refractivity contribution in [1.29, 1.82) is 0 Å². The third kappa shape index (κ3) is 3.56. The number of hydrogen-bond acceptors (Lipinski definition) is 4. The van der Waals surface area contributed by atoms with Crippen LogP contribution in [0.15, 0.2) is 24.4 Å². The molecule has 0 saturated heterocycles. The molecular formula is C14H15Cl2N3O2. The molecule has 112 valence electrons. The second-order valence-corrected chi connectivity index (χ2v) is 5.11. The van der Waals surface area contributed by atoms with Crippen LogP contribution in [0.5, 0.6) is 0 Å². The van der Waals surface area contributed by atoms with Crippen LogP contribution in [0.2, 0.25) is 10.0 Å². The SMILES string of the molecule is CCOC(=O)c1cn(CCN)nc1-c1ccc(Cl)c(Cl)c1. The summed E-state index contributed by atoms with van der Waals surface area (Å²) in [5.74, 6) is -0.429. The van der Waals surface area contributed by atoms with E-state index in [4.69, 9.17) is 33.7 Å². The molecule has 0 unspecified atom stereocenters. The zero-order valence-electron chi connectivity index (χ0n) is 11.5. The van der Waals surface area contributed by atoms with Gasteiger partial charge in [0.05, 0.1) is 23.2 Å². The Morgan fingerprint density at radius 3 is 2.76 bits per heavy atom. The topological polar surface area (TPSA) is 70.1 Å². The van der Waals surface area contributed by atoms with Gasteiger partial charge in [-0.05, 0) is 19.1 Å². The van der Waals surface area contributed by atoms with Gasteiger partial charge in [0.2, 0.25) is 0 Å². The lowest BCUT2D eigenvalue weighted by atomic mass is 10.1. The summed E-state index contributed by atoms with van der Waals surface area (Å²) in [4.78, 5) is 12.0. The maximum atomic E-state index is 12.0. The van der Waals surface area contributed by atoms with Crippen LogP contribution in [0.3, 0.4) is 0 Å².